The van der Waals surface area contributed by atoms with Crippen LogP contribution < -0.4 is 10.5 Å². The number of carbonyl (C=O) groups excluding carboxylic acids is 2. The van der Waals surface area contributed by atoms with Gasteiger partial charge in [-0.1, -0.05) is 44.1 Å². The van der Waals surface area contributed by atoms with Crippen molar-refractivity contribution >= 4 is 28.7 Å². The summed E-state index contributed by atoms with van der Waals surface area (Å²) in [6.07, 6.45) is 8.71. The number of pyridine rings is 1. The molecular formula is C25H31N3O4. The van der Waals surface area contributed by atoms with Crippen molar-refractivity contribution in [3.63, 3.8) is 0 Å². The van der Waals surface area contributed by atoms with Crippen LogP contribution in [0.4, 0.5) is 0 Å². The largest absolute Gasteiger partial charge is 0.472 e. The number of rotatable bonds is 6. The number of aromatic nitrogens is 1. The zero-order valence-electron chi connectivity index (χ0n) is 18.5. The summed E-state index contributed by atoms with van der Waals surface area (Å²) < 4.78 is 11.2. The molecule has 7 nitrogen and oxygen atoms in total. The van der Waals surface area contributed by atoms with E-state index in [1.165, 1.54) is 13.5 Å². The first-order valence-corrected chi connectivity index (χ1v) is 11.3. The lowest BCUT2D eigenvalue weighted by Gasteiger charge is -2.31. The molecule has 3 atom stereocenters. The Kier molecular flexibility index (Phi) is 6.74. The Balaban J connectivity index is 1.55. The van der Waals surface area contributed by atoms with Gasteiger partial charge in [-0.15, -0.1) is 0 Å². The molecule has 2 N–H and O–H groups in total. The lowest BCUT2D eigenvalue weighted by molar-refractivity contribution is -0.151. The molecule has 2 heterocycles. The molecule has 4 rings (SSSR count). The second kappa shape index (κ2) is 9.69. The van der Waals surface area contributed by atoms with E-state index in [0.29, 0.717) is 12.3 Å². The fourth-order valence-electron chi connectivity index (χ4n) is 4.91. The molecule has 1 saturated heterocycles. The fraction of sp³-hybridized carbons (Fsp3) is 0.480. The summed E-state index contributed by atoms with van der Waals surface area (Å²) in [6, 6.07) is 6.55. The zero-order chi connectivity index (χ0) is 22.7. The first-order valence-electron chi connectivity index (χ1n) is 11.3. The number of benzene rings is 1. The smallest absolute Gasteiger partial charge is 0.328 e. The number of hydrogen-bond donors (Lipinski definition) is 1. The van der Waals surface area contributed by atoms with Crippen LogP contribution in [0, 0.1) is 5.92 Å². The number of nitrogens with zero attached hydrogens (tertiary/aromatic N) is 2. The number of esters is 1. The first-order chi connectivity index (χ1) is 15.5. The third kappa shape index (κ3) is 4.48. The molecule has 0 unspecified atom stereocenters. The van der Waals surface area contributed by atoms with Crippen molar-refractivity contribution in [2.75, 3.05) is 13.7 Å². The maximum Gasteiger partial charge on any atom is 0.328 e. The van der Waals surface area contributed by atoms with E-state index in [9.17, 15) is 9.59 Å². The number of fused-ring (bicyclic) bond motifs is 1. The minimum atomic E-state index is -0.703. The van der Waals surface area contributed by atoms with Gasteiger partial charge in [-0.3, -0.25) is 4.79 Å². The summed E-state index contributed by atoms with van der Waals surface area (Å²) in [5.74, 6) is -0.00407. The Morgan fingerprint density at radius 2 is 2.03 bits per heavy atom. The van der Waals surface area contributed by atoms with Crippen LogP contribution in [-0.2, 0) is 14.3 Å². The van der Waals surface area contributed by atoms with Crippen molar-refractivity contribution in [3.05, 3.63) is 42.6 Å². The Morgan fingerprint density at radius 3 is 2.75 bits per heavy atom. The Labute approximate surface area is 188 Å². The van der Waals surface area contributed by atoms with Gasteiger partial charge < -0.3 is 20.1 Å². The van der Waals surface area contributed by atoms with E-state index in [-0.39, 0.29) is 24.5 Å². The van der Waals surface area contributed by atoms with Crippen LogP contribution >= 0.6 is 0 Å². The van der Waals surface area contributed by atoms with E-state index in [4.69, 9.17) is 15.2 Å². The van der Waals surface area contributed by atoms with Gasteiger partial charge >= 0.3 is 5.97 Å². The third-order valence-corrected chi connectivity index (χ3v) is 6.73. The van der Waals surface area contributed by atoms with Gasteiger partial charge in [0.05, 0.1) is 19.7 Å². The minimum Gasteiger partial charge on any atom is -0.472 e. The Morgan fingerprint density at radius 1 is 1.25 bits per heavy atom. The Bertz CT molecular complexity index is 1000. The SMILES string of the molecule is C=Cc1ccc2ccnc(O[C@@H]3C[C@@H](C(=O)OC)N(C(=O)[C@@H](N)C4CCCCC4)C3)c2c1. The van der Waals surface area contributed by atoms with Crippen LogP contribution in [0.3, 0.4) is 0 Å². The van der Waals surface area contributed by atoms with Crippen LogP contribution in [0.15, 0.2) is 37.0 Å². The molecule has 1 aromatic heterocycles. The summed E-state index contributed by atoms with van der Waals surface area (Å²) in [7, 11) is 1.34. The lowest BCUT2D eigenvalue weighted by atomic mass is 9.83. The fourth-order valence-corrected chi connectivity index (χ4v) is 4.91. The molecule has 1 aromatic carbocycles. The molecule has 1 amide bonds. The number of carbonyl (C=O) groups is 2. The van der Waals surface area contributed by atoms with E-state index < -0.39 is 18.1 Å². The third-order valence-electron chi connectivity index (χ3n) is 6.73. The van der Waals surface area contributed by atoms with Crippen molar-refractivity contribution in [2.45, 2.75) is 56.7 Å². The molecule has 32 heavy (non-hydrogen) atoms. The van der Waals surface area contributed by atoms with E-state index in [1.54, 1.807) is 17.2 Å². The molecule has 1 aliphatic carbocycles. The van der Waals surface area contributed by atoms with Crippen LogP contribution in [-0.4, -0.2) is 53.6 Å². The van der Waals surface area contributed by atoms with E-state index >= 15 is 0 Å². The molecule has 0 radical (unpaired) electrons. The van der Waals surface area contributed by atoms with Crippen LogP contribution in [0.2, 0.25) is 0 Å². The number of methoxy groups -OCH3 is 1. The zero-order valence-corrected chi connectivity index (χ0v) is 18.5. The minimum absolute atomic E-state index is 0.159. The number of hydrogen-bond acceptors (Lipinski definition) is 6. The quantitative estimate of drug-likeness (QED) is 0.697. The van der Waals surface area contributed by atoms with Crippen molar-refractivity contribution in [1.29, 1.82) is 0 Å². The predicted octanol–water partition coefficient (Wildman–Crippen LogP) is 3.31. The number of nitrogens with two attached hydrogens (primary N) is 1. The highest BCUT2D eigenvalue weighted by molar-refractivity contribution is 5.89. The predicted molar refractivity (Wildman–Crippen MR) is 123 cm³/mol. The van der Waals surface area contributed by atoms with Crippen LogP contribution in [0.1, 0.15) is 44.1 Å². The summed E-state index contributed by atoms with van der Waals surface area (Å²) in [4.78, 5) is 31.7. The normalized spacial score (nSPS) is 22.5. The molecular weight excluding hydrogens is 406 g/mol. The molecule has 0 bridgehead atoms. The molecule has 7 heteroatoms. The van der Waals surface area contributed by atoms with E-state index in [0.717, 1.165) is 42.0 Å². The van der Waals surface area contributed by atoms with Gasteiger partial charge in [-0.25, -0.2) is 9.78 Å². The van der Waals surface area contributed by atoms with E-state index in [1.807, 2.05) is 24.3 Å². The van der Waals surface area contributed by atoms with E-state index in [2.05, 4.69) is 11.6 Å². The van der Waals surface area contributed by atoms with Crippen molar-refractivity contribution in [1.82, 2.24) is 9.88 Å². The van der Waals surface area contributed by atoms with Gasteiger partial charge in [0.15, 0.2) is 0 Å². The average Bonchev–Trinajstić information content (AvgIpc) is 3.26. The molecule has 0 spiro atoms. The van der Waals surface area contributed by atoms with Gasteiger partial charge in [0.2, 0.25) is 11.8 Å². The molecule has 170 valence electrons. The van der Waals surface area contributed by atoms with Gasteiger partial charge in [-0.05, 0) is 41.8 Å². The van der Waals surface area contributed by atoms with Gasteiger partial charge in [0, 0.05) is 18.0 Å². The summed E-state index contributed by atoms with van der Waals surface area (Å²) in [6.45, 7) is 4.10. The van der Waals surface area contributed by atoms with Gasteiger partial charge in [-0.2, -0.15) is 0 Å². The molecule has 2 fully saturated rings. The topological polar surface area (TPSA) is 94.8 Å². The summed E-state index contributed by atoms with van der Waals surface area (Å²) >= 11 is 0. The van der Waals surface area contributed by atoms with Crippen LogP contribution in [0.25, 0.3) is 16.8 Å². The second-order valence-corrected chi connectivity index (χ2v) is 8.73. The second-order valence-electron chi connectivity index (χ2n) is 8.73. The first kappa shape index (κ1) is 22.3. The summed E-state index contributed by atoms with van der Waals surface area (Å²) in [5, 5.41) is 1.86. The maximum atomic E-state index is 13.3. The average molecular weight is 438 g/mol. The number of ether oxygens (including phenoxy) is 2. The monoisotopic (exact) mass is 437 g/mol. The highest BCUT2D eigenvalue weighted by Crippen LogP contribution is 2.31. The standard InChI is InChI=1S/C25H31N3O4/c1-3-16-9-10-17-11-12-27-23(20(17)13-16)32-19-14-21(25(30)31-2)28(15-19)24(29)22(26)18-7-5-4-6-8-18/h3,9-13,18-19,21-22H,1,4-8,14-15,26H2,2H3/t19-,21+,22+/m1/s1. The van der Waals surface area contributed by atoms with Gasteiger partial charge in [0.1, 0.15) is 12.1 Å². The molecule has 2 aromatic rings. The molecule has 2 aliphatic rings. The maximum absolute atomic E-state index is 13.3. The summed E-state index contributed by atoms with van der Waals surface area (Å²) in [5.41, 5.74) is 7.34. The highest BCUT2D eigenvalue weighted by Gasteiger charge is 2.44. The van der Waals surface area contributed by atoms with Crippen molar-refractivity contribution in [3.8, 4) is 5.88 Å². The Hall–Kier alpha value is -2.93. The van der Waals surface area contributed by atoms with Crippen LogP contribution in [0.5, 0.6) is 5.88 Å². The van der Waals surface area contributed by atoms with Crippen molar-refractivity contribution < 1.29 is 19.1 Å². The highest BCUT2D eigenvalue weighted by atomic mass is 16.5. The molecule has 1 aliphatic heterocycles. The lowest BCUT2D eigenvalue weighted by Crippen LogP contribution is -2.52. The number of likely N-dealkylation sites (tertiary alicyclic amines) is 1. The number of amides is 1. The van der Waals surface area contributed by atoms with Crippen molar-refractivity contribution in [2.24, 2.45) is 11.7 Å². The molecule has 1 saturated carbocycles. The van der Waals surface area contributed by atoms with Gasteiger partial charge in [0.25, 0.3) is 0 Å².